The first kappa shape index (κ1) is 89.0. The molecule has 0 rings (SSSR count). The molecule has 0 bridgehead atoms. The van der Waals surface area contributed by atoms with E-state index in [0.29, 0.717) is 25.7 Å². The lowest BCUT2D eigenvalue weighted by atomic mass is 10.00. The molecule has 0 aromatic heterocycles. The molecule has 0 amide bonds. The van der Waals surface area contributed by atoms with Crippen LogP contribution in [-0.4, -0.2) is 96.7 Å². The Morgan fingerprint density at radius 2 is 0.609 bits per heavy atom. The maximum atomic E-state index is 13.0. The largest absolute Gasteiger partial charge is 0.472 e. The monoisotopic (exact) mass is 1340 g/mol. The minimum Gasteiger partial charge on any atom is -0.462 e. The van der Waals surface area contributed by atoms with Crippen LogP contribution < -0.4 is 0 Å². The molecule has 6 atom stereocenters. The SMILES string of the molecule is CCCCCC/C=C\C=C/CCCCCCCC(=O)OC[C@H](COP(=O)(O)OC[C@@H](O)COP(=O)(O)OC[C@@H](COC(=O)CCCCCCCCC(C)CC)OC(=O)CCCCCCCCCCCCCC)OC(=O)CCCCCCC/C=C\C=C/CCCCCC. The van der Waals surface area contributed by atoms with Crippen LogP contribution in [0.5, 0.6) is 0 Å². The highest BCUT2D eigenvalue weighted by Crippen LogP contribution is 2.45. The molecule has 0 saturated heterocycles. The van der Waals surface area contributed by atoms with Gasteiger partial charge in [-0.3, -0.25) is 37.3 Å². The van der Waals surface area contributed by atoms with Crippen LogP contribution in [0.1, 0.15) is 330 Å². The third-order valence-corrected chi connectivity index (χ3v) is 18.0. The van der Waals surface area contributed by atoms with Crippen LogP contribution in [0.3, 0.4) is 0 Å². The first-order valence-electron chi connectivity index (χ1n) is 36.8. The fourth-order valence-electron chi connectivity index (χ4n) is 10.1. The van der Waals surface area contributed by atoms with Gasteiger partial charge in [-0.1, -0.05) is 276 Å². The summed E-state index contributed by atoms with van der Waals surface area (Å²) in [4.78, 5) is 72.6. The van der Waals surface area contributed by atoms with E-state index in [0.717, 1.165) is 134 Å². The average molecular weight is 1350 g/mol. The van der Waals surface area contributed by atoms with Gasteiger partial charge in [0.15, 0.2) is 12.2 Å². The summed E-state index contributed by atoms with van der Waals surface area (Å²) in [5.41, 5.74) is 0. The van der Waals surface area contributed by atoms with Crippen molar-refractivity contribution in [3.63, 3.8) is 0 Å². The number of aliphatic hydroxyl groups excluding tert-OH is 1. The summed E-state index contributed by atoms with van der Waals surface area (Å²) in [6, 6.07) is 0. The molecule has 0 aliphatic rings. The molecule has 0 spiro atoms. The third-order valence-electron chi connectivity index (χ3n) is 16.1. The van der Waals surface area contributed by atoms with Crippen molar-refractivity contribution >= 4 is 39.5 Å². The number of rotatable bonds is 69. The number of esters is 4. The molecule has 3 N–H and O–H groups in total. The summed E-state index contributed by atoms with van der Waals surface area (Å²) < 4.78 is 68.3. The molecule has 3 unspecified atom stereocenters. The molecular weight excluding hydrogens is 1210 g/mol. The number of carbonyl (C=O) groups excluding carboxylic acids is 4. The first-order chi connectivity index (χ1) is 44.6. The van der Waals surface area contributed by atoms with Crippen molar-refractivity contribution < 1.29 is 80.2 Å². The van der Waals surface area contributed by atoms with Crippen LogP contribution in [0, 0.1) is 5.92 Å². The molecule has 17 nitrogen and oxygen atoms in total. The lowest BCUT2D eigenvalue weighted by molar-refractivity contribution is -0.161. The van der Waals surface area contributed by atoms with Gasteiger partial charge >= 0.3 is 39.5 Å². The zero-order valence-corrected chi connectivity index (χ0v) is 60.4. The van der Waals surface area contributed by atoms with Crippen LogP contribution in [0.2, 0.25) is 0 Å². The fraction of sp³-hybridized carbons (Fsp3) is 0.836. The van der Waals surface area contributed by atoms with Gasteiger partial charge in [-0.25, -0.2) is 9.13 Å². The predicted molar refractivity (Wildman–Crippen MR) is 372 cm³/mol. The van der Waals surface area contributed by atoms with Crippen LogP contribution in [0.25, 0.3) is 0 Å². The first-order valence-corrected chi connectivity index (χ1v) is 39.8. The van der Waals surface area contributed by atoms with Crippen molar-refractivity contribution in [2.75, 3.05) is 39.6 Å². The quantitative estimate of drug-likeness (QED) is 0.0169. The molecule has 0 saturated carbocycles. The Kier molecular flexibility index (Phi) is 63.2. The number of phosphoric ester groups is 2. The molecule has 0 aromatic carbocycles. The van der Waals surface area contributed by atoms with Crippen LogP contribution in [0.15, 0.2) is 48.6 Å². The lowest BCUT2D eigenvalue weighted by Gasteiger charge is -2.21. The van der Waals surface area contributed by atoms with Gasteiger partial charge in [0, 0.05) is 25.7 Å². The molecule has 0 radical (unpaired) electrons. The van der Waals surface area contributed by atoms with E-state index >= 15 is 0 Å². The molecule has 19 heteroatoms. The maximum absolute atomic E-state index is 13.0. The van der Waals surface area contributed by atoms with Gasteiger partial charge in [-0.2, -0.15) is 0 Å². The normalized spacial score (nSPS) is 14.7. The predicted octanol–water partition coefficient (Wildman–Crippen LogP) is 20.4. The molecular formula is C73H134O17P2. The van der Waals surface area contributed by atoms with Gasteiger partial charge in [0.25, 0.3) is 0 Å². The van der Waals surface area contributed by atoms with Crippen molar-refractivity contribution in [2.24, 2.45) is 5.92 Å². The average Bonchev–Trinajstić information content (AvgIpc) is 3.35. The Hall–Kier alpha value is -2.98. The number of carbonyl (C=O) groups is 4. The van der Waals surface area contributed by atoms with Gasteiger partial charge in [-0.15, -0.1) is 0 Å². The fourth-order valence-corrected chi connectivity index (χ4v) is 11.6. The van der Waals surface area contributed by atoms with Crippen molar-refractivity contribution in [1.29, 1.82) is 0 Å². The summed E-state index contributed by atoms with van der Waals surface area (Å²) in [6.07, 6.45) is 58.4. The Balaban J connectivity index is 5.33. The summed E-state index contributed by atoms with van der Waals surface area (Å²) >= 11 is 0. The van der Waals surface area contributed by atoms with Gasteiger partial charge in [0.05, 0.1) is 26.4 Å². The van der Waals surface area contributed by atoms with E-state index < -0.39 is 97.5 Å². The Morgan fingerprint density at radius 3 is 0.924 bits per heavy atom. The van der Waals surface area contributed by atoms with E-state index in [1.807, 2.05) is 0 Å². The van der Waals surface area contributed by atoms with Crippen LogP contribution in [-0.2, 0) is 65.4 Å². The number of hydrogen-bond donors (Lipinski definition) is 3. The number of allylic oxidation sites excluding steroid dienone is 8. The molecule has 0 aromatic rings. The minimum absolute atomic E-state index is 0.0781. The van der Waals surface area contributed by atoms with E-state index in [9.17, 15) is 43.2 Å². The summed E-state index contributed by atoms with van der Waals surface area (Å²) in [6.45, 7) is 7.09. The lowest BCUT2D eigenvalue weighted by Crippen LogP contribution is -2.30. The third kappa shape index (κ3) is 64.4. The second-order valence-corrected chi connectivity index (χ2v) is 28.1. The van der Waals surface area contributed by atoms with E-state index in [-0.39, 0.29) is 25.7 Å². The van der Waals surface area contributed by atoms with E-state index in [1.165, 1.54) is 116 Å². The number of unbranched alkanes of at least 4 members (excludes halogenated alkanes) is 34. The molecule has 0 aliphatic carbocycles. The molecule has 92 heavy (non-hydrogen) atoms. The second kappa shape index (κ2) is 65.3. The Bertz CT molecular complexity index is 1960. The van der Waals surface area contributed by atoms with Gasteiger partial charge < -0.3 is 33.8 Å². The van der Waals surface area contributed by atoms with Crippen molar-refractivity contribution in [2.45, 2.75) is 348 Å². The molecule has 538 valence electrons. The van der Waals surface area contributed by atoms with Crippen LogP contribution in [0.4, 0.5) is 0 Å². The van der Waals surface area contributed by atoms with E-state index in [2.05, 4.69) is 83.2 Å². The second-order valence-electron chi connectivity index (χ2n) is 25.2. The van der Waals surface area contributed by atoms with Crippen LogP contribution >= 0.6 is 15.6 Å². The number of phosphoric acid groups is 2. The Labute approximate surface area is 559 Å². The van der Waals surface area contributed by atoms with E-state index in [1.54, 1.807) is 0 Å². The van der Waals surface area contributed by atoms with Gasteiger partial charge in [0.1, 0.15) is 19.3 Å². The zero-order valence-electron chi connectivity index (χ0n) is 58.6. The minimum atomic E-state index is -4.97. The summed E-state index contributed by atoms with van der Waals surface area (Å²) in [5.74, 6) is -1.45. The molecule has 0 fully saturated rings. The summed E-state index contributed by atoms with van der Waals surface area (Å²) in [5, 5.41) is 10.6. The van der Waals surface area contributed by atoms with Gasteiger partial charge in [-0.05, 0) is 83.0 Å². The summed E-state index contributed by atoms with van der Waals surface area (Å²) in [7, 11) is -9.93. The van der Waals surface area contributed by atoms with Gasteiger partial charge in [0.2, 0.25) is 0 Å². The highest BCUT2D eigenvalue weighted by molar-refractivity contribution is 7.47. The van der Waals surface area contributed by atoms with E-state index in [4.69, 9.17) is 37.0 Å². The highest BCUT2D eigenvalue weighted by atomic mass is 31.2. The number of ether oxygens (including phenoxy) is 4. The highest BCUT2D eigenvalue weighted by Gasteiger charge is 2.30. The van der Waals surface area contributed by atoms with Crippen molar-refractivity contribution in [3.8, 4) is 0 Å². The Morgan fingerprint density at radius 1 is 0.348 bits per heavy atom. The van der Waals surface area contributed by atoms with Crippen molar-refractivity contribution in [1.82, 2.24) is 0 Å². The molecule has 0 aliphatic heterocycles. The number of aliphatic hydroxyl groups is 1. The zero-order chi connectivity index (χ0) is 67.7. The number of hydrogen-bond acceptors (Lipinski definition) is 15. The topological polar surface area (TPSA) is 237 Å². The van der Waals surface area contributed by atoms with Crippen molar-refractivity contribution in [3.05, 3.63) is 48.6 Å². The maximum Gasteiger partial charge on any atom is 0.472 e. The molecule has 0 heterocycles. The smallest absolute Gasteiger partial charge is 0.462 e. The standard InChI is InChI=1S/C73H134O17P2/c1-6-10-13-16-19-22-25-28-30-32-35-37-40-46-51-56-70(75)83-62-68(89-73(78)59-54-49-42-39-36-33-31-29-26-23-20-17-14-11-7-2)64-87-91(79,80)85-60-67(74)61-86-92(81,82)88-65-69(63-84-71(76)57-52-47-44-43-45-50-55-66(5)9-4)90-72(77)58-53-48-41-38-34-27-24-21-18-15-12-8-3/h22-23,25-26,28-31,66-69,74H,6-21,24,27,32-65H2,1-5H3,(H,79,80)(H,81,82)/b25-22-,26-23-,30-28-,31-29-/t66?,67-,68-,69-/m1/s1.